The number of carbonyl (C=O) groups excluding carboxylic acids is 2. The van der Waals surface area contributed by atoms with Crippen molar-refractivity contribution in [1.29, 1.82) is 0 Å². The van der Waals surface area contributed by atoms with Gasteiger partial charge in [-0.05, 0) is 50.3 Å². The molecule has 1 fully saturated rings. The molecule has 1 saturated heterocycles. The SMILES string of the molecule is Cc1ccc(C)c(NC(=O)CC(=O)N(C)C[C@H]2CCCCO2)c1. The predicted octanol–water partition coefficient (Wildman–Crippen LogP) is 2.66. The zero-order chi connectivity index (χ0) is 16.8. The summed E-state index contributed by atoms with van der Waals surface area (Å²) in [6.45, 7) is 5.22. The van der Waals surface area contributed by atoms with Gasteiger partial charge in [-0.2, -0.15) is 0 Å². The third-order valence-electron chi connectivity index (χ3n) is 4.16. The molecule has 0 radical (unpaired) electrons. The van der Waals surface area contributed by atoms with Crippen molar-refractivity contribution in [3.05, 3.63) is 29.3 Å². The zero-order valence-corrected chi connectivity index (χ0v) is 14.2. The minimum absolute atomic E-state index is 0.0970. The van der Waals surface area contributed by atoms with Crippen molar-refractivity contribution < 1.29 is 14.3 Å². The van der Waals surface area contributed by atoms with Gasteiger partial charge >= 0.3 is 0 Å². The number of amides is 2. The van der Waals surface area contributed by atoms with Crippen LogP contribution < -0.4 is 5.32 Å². The molecule has 2 rings (SSSR count). The van der Waals surface area contributed by atoms with Crippen LogP contribution in [0.1, 0.15) is 36.8 Å². The maximum absolute atomic E-state index is 12.2. The lowest BCUT2D eigenvalue weighted by Crippen LogP contribution is -2.38. The van der Waals surface area contributed by atoms with E-state index in [1.165, 1.54) is 0 Å². The Labute approximate surface area is 138 Å². The van der Waals surface area contributed by atoms with Crippen molar-refractivity contribution in [2.45, 2.75) is 45.6 Å². The van der Waals surface area contributed by atoms with Crippen LogP contribution in [0.15, 0.2) is 18.2 Å². The van der Waals surface area contributed by atoms with Gasteiger partial charge in [0.05, 0.1) is 6.10 Å². The van der Waals surface area contributed by atoms with Crippen molar-refractivity contribution in [1.82, 2.24) is 4.90 Å². The first-order chi connectivity index (χ1) is 11.0. The van der Waals surface area contributed by atoms with Crippen LogP contribution in [-0.2, 0) is 14.3 Å². The molecule has 1 N–H and O–H groups in total. The zero-order valence-electron chi connectivity index (χ0n) is 14.2. The lowest BCUT2D eigenvalue weighted by molar-refractivity contribution is -0.135. The summed E-state index contributed by atoms with van der Waals surface area (Å²) >= 11 is 0. The molecule has 0 aliphatic carbocycles. The third kappa shape index (κ3) is 5.36. The molecule has 1 atom stereocenters. The van der Waals surface area contributed by atoms with E-state index in [9.17, 15) is 9.59 Å². The number of ether oxygens (including phenoxy) is 1. The highest BCUT2D eigenvalue weighted by Gasteiger charge is 2.20. The van der Waals surface area contributed by atoms with E-state index in [-0.39, 0.29) is 24.3 Å². The van der Waals surface area contributed by atoms with Gasteiger partial charge < -0.3 is 15.0 Å². The Morgan fingerprint density at radius 2 is 2.09 bits per heavy atom. The maximum atomic E-state index is 12.2. The highest BCUT2D eigenvalue weighted by Crippen LogP contribution is 2.17. The molecule has 0 saturated carbocycles. The summed E-state index contributed by atoms with van der Waals surface area (Å²) in [6.07, 6.45) is 3.16. The monoisotopic (exact) mass is 318 g/mol. The largest absolute Gasteiger partial charge is 0.376 e. The van der Waals surface area contributed by atoms with E-state index in [1.807, 2.05) is 32.0 Å². The highest BCUT2D eigenvalue weighted by atomic mass is 16.5. The maximum Gasteiger partial charge on any atom is 0.233 e. The fourth-order valence-electron chi connectivity index (χ4n) is 2.70. The molecule has 1 aliphatic heterocycles. The second-order valence-corrected chi connectivity index (χ2v) is 6.31. The van der Waals surface area contributed by atoms with E-state index in [0.717, 1.165) is 42.7 Å². The molecule has 23 heavy (non-hydrogen) atoms. The van der Waals surface area contributed by atoms with Crippen molar-refractivity contribution in [2.24, 2.45) is 0 Å². The first-order valence-electron chi connectivity index (χ1n) is 8.18. The lowest BCUT2D eigenvalue weighted by atomic mass is 10.1. The Morgan fingerprint density at radius 1 is 1.30 bits per heavy atom. The highest BCUT2D eigenvalue weighted by molar-refractivity contribution is 6.03. The Kier molecular flexibility index (Phi) is 6.16. The molecule has 126 valence electrons. The van der Waals surface area contributed by atoms with E-state index >= 15 is 0 Å². The molecule has 5 heteroatoms. The van der Waals surface area contributed by atoms with Crippen LogP contribution >= 0.6 is 0 Å². The van der Waals surface area contributed by atoms with Crippen LogP contribution in [0, 0.1) is 13.8 Å². The number of hydrogen-bond donors (Lipinski definition) is 1. The van der Waals surface area contributed by atoms with Crippen molar-refractivity contribution >= 4 is 17.5 Å². The summed E-state index contributed by atoms with van der Waals surface area (Å²) in [5.74, 6) is -0.456. The van der Waals surface area contributed by atoms with Gasteiger partial charge in [0.2, 0.25) is 11.8 Å². The van der Waals surface area contributed by atoms with Gasteiger partial charge in [-0.15, -0.1) is 0 Å². The van der Waals surface area contributed by atoms with Crippen LogP contribution in [0.4, 0.5) is 5.69 Å². The third-order valence-corrected chi connectivity index (χ3v) is 4.16. The number of benzene rings is 1. The summed E-state index contributed by atoms with van der Waals surface area (Å²) in [7, 11) is 1.73. The van der Waals surface area contributed by atoms with Crippen LogP contribution in [0.2, 0.25) is 0 Å². The number of rotatable bonds is 5. The summed E-state index contributed by atoms with van der Waals surface area (Å²) < 4.78 is 5.63. The minimum atomic E-state index is -0.278. The molecule has 0 aromatic heterocycles. The number of hydrogen-bond acceptors (Lipinski definition) is 3. The first kappa shape index (κ1) is 17.5. The van der Waals surface area contributed by atoms with Crippen molar-refractivity contribution in [3.8, 4) is 0 Å². The van der Waals surface area contributed by atoms with Gasteiger partial charge in [-0.25, -0.2) is 0 Å². The van der Waals surface area contributed by atoms with Crippen LogP contribution in [0.25, 0.3) is 0 Å². The summed E-state index contributed by atoms with van der Waals surface area (Å²) in [4.78, 5) is 25.9. The normalized spacial score (nSPS) is 17.6. The molecule has 0 unspecified atom stereocenters. The second-order valence-electron chi connectivity index (χ2n) is 6.31. The standard InChI is InChI=1S/C18H26N2O3/c1-13-7-8-14(2)16(10-13)19-17(21)11-18(22)20(3)12-15-6-4-5-9-23-15/h7-8,10,15H,4-6,9,11-12H2,1-3H3,(H,19,21)/t15-/m1/s1. The van der Waals surface area contributed by atoms with E-state index in [0.29, 0.717) is 6.54 Å². The second kappa shape index (κ2) is 8.11. The van der Waals surface area contributed by atoms with Crippen LogP contribution in [0.3, 0.4) is 0 Å². The smallest absolute Gasteiger partial charge is 0.233 e. The molecular weight excluding hydrogens is 292 g/mol. The Balaban J connectivity index is 1.83. The van der Waals surface area contributed by atoms with Gasteiger partial charge in [-0.3, -0.25) is 9.59 Å². The van der Waals surface area contributed by atoms with E-state index in [1.54, 1.807) is 11.9 Å². The Hall–Kier alpha value is -1.88. The molecule has 1 aliphatic rings. The first-order valence-corrected chi connectivity index (χ1v) is 8.18. The average Bonchev–Trinajstić information content (AvgIpc) is 2.51. The summed E-state index contributed by atoms with van der Waals surface area (Å²) in [5.41, 5.74) is 2.82. The van der Waals surface area contributed by atoms with Gasteiger partial charge in [0.15, 0.2) is 0 Å². The topological polar surface area (TPSA) is 58.6 Å². The van der Waals surface area contributed by atoms with Crippen LogP contribution in [-0.4, -0.2) is 43.0 Å². The average molecular weight is 318 g/mol. The quantitative estimate of drug-likeness (QED) is 0.849. The summed E-state index contributed by atoms with van der Waals surface area (Å²) in [6, 6.07) is 5.87. The predicted molar refractivity (Wildman–Crippen MR) is 90.4 cm³/mol. The van der Waals surface area contributed by atoms with Gasteiger partial charge in [-0.1, -0.05) is 12.1 Å². The fraction of sp³-hybridized carbons (Fsp3) is 0.556. The number of likely N-dealkylation sites (N-methyl/N-ethyl adjacent to an activating group) is 1. The number of anilines is 1. The fourth-order valence-corrected chi connectivity index (χ4v) is 2.70. The molecule has 0 spiro atoms. The van der Waals surface area contributed by atoms with E-state index in [2.05, 4.69) is 5.32 Å². The molecule has 0 bridgehead atoms. The Bertz CT molecular complexity index is 565. The molecule has 5 nitrogen and oxygen atoms in total. The van der Waals surface area contributed by atoms with Crippen LogP contribution in [0.5, 0.6) is 0 Å². The van der Waals surface area contributed by atoms with Crippen molar-refractivity contribution in [2.75, 3.05) is 25.5 Å². The number of nitrogens with one attached hydrogen (secondary N) is 1. The summed E-state index contributed by atoms with van der Waals surface area (Å²) in [5, 5.41) is 2.82. The number of nitrogens with zero attached hydrogens (tertiary/aromatic N) is 1. The van der Waals surface area contributed by atoms with Gasteiger partial charge in [0, 0.05) is 25.9 Å². The van der Waals surface area contributed by atoms with Gasteiger partial charge in [0.25, 0.3) is 0 Å². The van der Waals surface area contributed by atoms with Crippen molar-refractivity contribution in [3.63, 3.8) is 0 Å². The molecule has 1 aromatic rings. The molecular formula is C18H26N2O3. The molecule has 2 amide bonds. The van der Waals surface area contributed by atoms with E-state index in [4.69, 9.17) is 4.74 Å². The lowest BCUT2D eigenvalue weighted by Gasteiger charge is -2.27. The van der Waals surface area contributed by atoms with Gasteiger partial charge in [0.1, 0.15) is 6.42 Å². The number of carbonyl (C=O) groups is 2. The molecule has 1 heterocycles. The van der Waals surface area contributed by atoms with E-state index < -0.39 is 0 Å². The number of aryl methyl sites for hydroxylation is 2. The minimum Gasteiger partial charge on any atom is -0.376 e. The molecule has 1 aromatic carbocycles. The Morgan fingerprint density at radius 3 is 2.78 bits per heavy atom.